The van der Waals surface area contributed by atoms with Crippen molar-refractivity contribution in [3.05, 3.63) is 52.2 Å². The fourth-order valence-electron chi connectivity index (χ4n) is 5.09. The molecule has 174 valence electrons. The zero-order chi connectivity index (χ0) is 22.9. The first-order valence-corrected chi connectivity index (χ1v) is 12.6. The van der Waals surface area contributed by atoms with Gasteiger partial charge in [0.25, 0.3) is 0 Å². The molecule has 4 heterocycles. The number of carbonyl (C=O) groups excluding carboxylic acids is 1. The number of piperazine rings is 1. The number of nitrogens with zero attached hydrogens (tertiary/aromatic N) is 5. The summed E-state index contributed by atoms with van der Waals surface area (Å²) in [7, 11) is 0. The molecule has 0 spiro atoms. The third-order valence-electron chi connectivity index (χ3n) is 6.98. The molecule has 8 heteroatoms. The Hall–Kier alpha value is -2.55. The maximum atomic E-state index is 12.3. The summed E-state index contributed by atoms with van der Waals surface area (Å²) in [5.41, 5.74) is 8.06. The summed E-state index contributed by atoms with van der Waals surface area (Å²) >= 11 is 1.77. The minimum atomic E-state index is -0.394. The first kappa shape index (κ1) is 22.3. The van der Waals surface area contributed by atoms with Crippen molar-refractivity contribution < 1.29 is 4.79 Å². The Labute approximate surface area is 199 Å². The number of anilines is 1. The number of nitrogens with two attached hydrogens (primary N) is 1. The van der Waals surface area contributed by atoms with E-state index in [1.807, 2.05) is 30.3 Å². The van der Waals surface area contributed by atoms with Gasteiger partial charge in [-0.15, -0.1) is 11.3 Å². The highest BCUT2D eigenvalue weighted by Gasteiger charge is 2.30. The summed E-state index contributed by atoms with van der Waals surface area (Å²) in [5, 5.41) is 1.19. The Morgan fingerprint density at radius 2 is 1.73 bits per heavy atom. The van der Waals surface area contributed by atoms with Crippen molar-refractivity contribution in [3.8, 4) is 0 Å². The summed E-state index contributed by atoms with van der Waals surface area (Å²) in [5.74, 6) is 1.67. The number of hydrogen-bond acceptors (Lipinski definition) is 7. The number of benzene rings is 1. The Morgan fingerprint density at radius 3 is 2.39 bits per heavy atom. The highest BCUT2D eigenvalue weighted by Crippen LogP contribution is 2.36. The molecule has 2 aliphatic heterocycles. The van der Waals surface area contributed by atoms with Crippen LogP contribution >= 0.6 is 11.3 Å². The maximum absolute atomic E-state index is 12.3. The van der Waals surface area contributed by atoms with Gasteiger partial charge in [-0.3, -0.25) is 14.6 Å². The molecule has 2 aliphatic rings. The number of carbonyl (C=O) groups is 1. The lowest BCUT2D eigenvalue weighted by Gasteiger charge is -2.39. The van der Waals surface area contributed by atoms with E-state index in [9.17, 15) is 4.79 Å². The third-order valence-corrected chi connectivity index (χ3v) is 8.08. The Bertz CT molecular complexity index is 1130. The molecule has 0 aliphatic carbocycles. The van der Waals surface area contributed by atoms with Gasteiger partial charge in [-0.25, -0.2) is 9.97 Å². The minimum Gasteiger partial charge on any atom is -0.368 e. The van der Waals surface area contributed by atoms with Crippen LogP contribution in [0.15, 0.2) is 30.3 Å². The quantitative estimate of drug-likeness (QED) is 0.603. The number of amides is 1. The molecule has 1 amide bonds. The van der Waals surface area contributed by atoms with E-state index in [1.54, 1.807) is 11.3 Å². The zero-order valence-electron chi connectivity index (χ0n) is 19.5. The first-order chi connectivity index (χ1) is 16.0. The molecular weight excluding hydrogens is 432 g/mol. The average Bonchev–Trinajstić information content (AvgIpc) is 3.42. The minimum absolute atomic E-state index is 0.295. The molecular formula is C25H32N6OS. The molecule has 2 fully saturated rings. The summed E-state index contributed by atoms with van der Waals surface area (Å²) < 4.78 is 0. The van der Waals surface area contributed by atoms with Gasteiger partial charge in [-0.2, -0.15) is 0 Å². The number of rotatable bonds is 6. The smallest absolute Gasteiger partial charge is 0.239 e. The van der Waals surface area contributed by atoms with Crippen LogP contribution in [0.25, 0.3) is 10.2 Å². The molecule has 1 unspecified atom stereocenters. The second-order valence-electron chi connectivity index (χ2n) is 9.15. The lowest BCUT2D eigenvalue weighted by atomic mass is 10.0. The van der Waals surface area contributed by atoms with E-state index < -0.39 is 6.04 Å². The van der Waals surface area contributed by atoms with Gasteiger partial charge in [0.15, 0.2) is 0 Å². The number of likely N-dealkylation sites (tertiary alicyclic amines) is 1. The van der Waals surface area contributed by atoms with Gasteiger partial charge in [-0.05, 0) is 50.9 Å². The fourth-order valence-corrected chi connectivity index (χ4v) is 6.14. The molecule has 2 saturated heterocycles. The first-order valence-electron chi connectivity index (χ1n) is 11.8. The van der Waals surface area contributed by atoms with Crippen LogP contribution in [0.2, 0.25) is 0 Å². The van der Waals surface area contributed by atoms with Crippen molar-refractivity contribution >= 4 is 33.3 Å². The van der Waals surface area contributed by atoms with E-state index in [0.29, 0.717) is 0 Å². The van der Waals surface area contributed by atoms with Crippen molar-refractivity contribution in [2.75, 3.05) is 44.2 Å². The van der Waals surface area contributed by atoms with Crippen LogP contribution in [0, 0.1) is 13.8 Å². The van der Waals surface area contributed by atoms with Crippen molar-refractivity contribution in [3.63, 3.8) is 0 Å². The van der Waals surface area contributed by atoms with Crippen LogP contribution < -0.4 is 10.6 Å². The molecule has 7 nitrogen and oxygen atoms in total. The SMILES string of the molecule is Cc1sc2nc(CN3CCCC3)nc(N3CCN(C(C(N)=O)c4ccccc4)CC3)c2c1C. The summed E-state index contributed by atoms with van der Waals surface area (Å²) in [6.07, 6.45) is 2.52. The van der Waals surface area contributed by atoms with Crippen LogP contribution in [0.5, 0.6) is 0 Å². The van der Waals surface area contributed by atoms with Crippen LogP contribution in [-0.4, -0.2) is 64.9 Å². The van der Waals surface area contributed by atoms with E-state index in [0.717, 1.165) is 67.8 Å². The molecule has 2 N–H and O–H groups in total. The topological polar surface area (TPSA) is 78.6 Å². The van der Waals surface area contributed by atoms with Crippen LogP contribution in [0.1, 0.15) is 40.7 Å². The van der Waals surface area contributed by atoms with E-state index in [2.05, 4.69) is 28.5 Å². The molecule has 2 aromatic heterocycles. The molecule has 0 saturated carbocycles. The number of aryl methyl sites for hydroxylation is 2. The summed E-state index contributed by atoms with van der Waals surface area (Å²) in [6, 6.07) is 9.46. The monoisotopic (exact) mass is 464 g/mol. The fraction of sp³-hybridized carbons (Fsp3) is 0.480. The predicted molar refractivity (Wildman–Crippen MR) is 134 cm³/mol. The van der Waals surface area contributed by atoms with Gasteiger partial charge in [0.1, 0.15) is 22.5 Å². The Balaban J connectivity index is 1.41. The molecule has 0 bridgehead atoms. The molecule has 1 aromatic carbocycles. The number of primary amides is 1. The highest BCUT2D eigenvalue weighted by atomic mass is 32.1. The number of thiophene rings is 1. The van der Waals surface area contributed by atoms with Crippen molar-refractivity contribution in [2.45, 2.75) is 39.3 Å². The summed E-state index contributed by atoms with van der Waals surface area (Å²) in [6.45, 7) is 10.6. The van der Waals surface area contributed by atoms with Crippen LogP contribution in [0.3, 0.4) is 0 Å². The lowest BCUT2D eigenvalue weighted by molar-refractivity contribution is -0.123. The molecule has 33 heavy (non-hydrogen) atoms. The zero-order valence-corrected chi connectivity index (χ0v) is 20.3. The van der Waals surface area contributed by atoms with Crippen molar-refractivity contribution in [1.82, 2.24) is 19.8 Å². The second kappa shape index (κ2) is 9.37. The molecule has 1 atom stereocenters. The number of hydrogen-bond donors (Lipinski definition) is 1. The lowest BCUT2D eigenvalue weighted by Crippen LogP contribution is -2.50. The van der Waals surface area contributed by atoms with Crippen LogP contribution in [0.4, 0.5) is 5.82 Å². The van der Waals surface area contributed by atoms with Crippen LogP contribution in [-0.2, 0) is 11.3 Å². The normalized spacial score (nSPS) is 18.8. The number of aromatic nitrogens is 2. The standard InChI is InChI=1S/C25H32N6OS/c1-17-18(2)33-25-21(17)24(27-20(28-25)16-29-10-6-7-11-29)31-14-12-30(13-15-31)22(23(26)32)19-8-4-3-5-9-19/h3-5,8-9,22H,6-7,10-16H2,1-2H3,(H2,26,32). The van der Waals surface area contributed by atoms with E-state index in [-0.39, 0.29) is 5.91 Å². The van der Waals surface area contributed by atoms with E-state index >= 15 is 0 Å². The van der Waals surface area contributed by atoms with Gasteiger partial charge in [0.2, 0.25) is 5.91 Å². The Kier molecular flexibility index (Phi) is 6.32. The van der Waals surface area contributed by atoms with Gasteiger partial charge < -0.3 is 10.6 Å². The molecule has 3 aromatic rings. The summed E-state index contributed by atoms with van der Waals surface area (Å²) in [4.78, 5) is 31.8. The largest absolute Gasteiger partial charge is 0.368 e. The Morgan fingerprint density at radius 1 is 1.03 bits per heavy atom. The van der Waals surface area contributed by atoms with Gasteiger partial charge in [0, 0.05) is 31.1 Å². The maximum Gasteiger partial charge on any atom is 0.239 e. The van der Waals surface area contributed by atoms with Gasteiger partial charge >= 0.3 is 0 Å². The van der Waals surface area contributed by atoms with E-state index in [4.69, 9.17) is 15.7 Å². The van der Waals surface area contributed by atoms with Gasteiger partial charge in [-0.1, -0.05) is 30.3 Å². The molecule has 0 radical (unpaired) electrons. The number of fused-ring (bicyclic) bond motifs is 1. The van der Waals surface area contributed by atoms with Gasteiger partial charge in [0.05, 0.1) is 11.9 Å². The van der Waals surface area contributed by atoms with E-state index in [1.165, 1.54) is 28.7 Å². The highest BCUT2D eigenvalue weighted by molar-refractivity contribution is 7.18. The average molecular weight is 465 g/mol. The third kappa shape index (κ3) is 4.47. The van der Waals surface area contributed by atoms with Crippen molar-refractivity contribution in [2.24, 2.45) is 5.73 Å². The predicted octanol–water partition coefficient (Wildman–Crippen LogP) is 3.25. The second-order valence-corrected chi connectivity index (χ2v) is 10.4. The molecule has 5 rings (SSSR count). The van der Waals surface area contributed by atoms with Crippen molar-refractivity contribution in [1.29, 1.82) is 0 Å².